The Morgan fingerprint density at radius 2 is 1.90 bits per heavy atom. The maximum Gasteiger partial charge on any atom is 0.329 e. The van der Waals surface area contributed by atoms with Crippen molar-refractivity contribution in [2.24, 2.45) is 24.8 Å². The third-order valence-electron chi connectivity index (χ3n) is 14.0. The van der Waals surface area contributed by atoms with Gasteiger partial charge in [-0.2, -0.15) is 0 Å². The molecule has 4 bridgehead atoms. The number of methoxy groups -OCH3 is 1. The molecular weight excluding hydrogens is 596 g/mol. The van der Waals surface area contributed by atoms with Crippen LogP contribution in [0.15, 0.2) is 84.2 Å². The van der Waals surface area contributed by atoms with Crippen LogP contribution >= 0.6 is 0 Å². The Morgan fingerprint density at radius 1 is 1.06 bits per heavy atom. The normalized spacial score (nSPS) is 37.2. The van der Waals surface area contributed by atoms with Gasteiger partial charge in [-0.25, -0.2) is 4.79 Å². The number of rotatable bonds is 3. The molecule has 7 heteroatoms. The molecule has 3 aromatic rings. The molecule has 0 radical (unpaired) electrons. The van der Waals surface area contributed by atoms with Gasteiger partial charge in [-0.05, 0) is 81.0 Å². The Morgan fingerprint density at radius 3 is 2.75 bits per heavy atom. The minimum atomic E-state index is -0.342. The molecule has 7 nitrogen and oxygen atoms in total. The first-order valence-electron chi connectivity index (χ1n) is 18.1. The highest BCUT2D eigenvalue weighted by Crippen LogP contribution is 2.62. The number of hydrogen-bond donors (Lipinski definition) is 0. The lowest BCUT2D eigenvalue weighted by Crippen LogP contribution is -2.75. The van der Waals surface area contributed by atoms with Crippen molar-refractivity contribution in [1.29, 1.82) is 0 Å². The lowest BCUT2D eigenvalue weighted by molar-refractivity contribution is -0.146. The first-order chi connectivity index (χ1) is 23.5. The maximum atomic E-state index is 13.9. The number of para-hydroxylation sites is 2. The quantitative estimate of drug-likeness (QED) is 0.254. The zero-order chi connectivity index (χ0) is 32.5. The number of allylic oxidation sites excluding steroid dienone is 3. The van der Waals surface area contributed by atoms with Crippen LogP contribution in [-0.4, -0.2) is 77.9 Å². The molecule has 0 N–H and O–H groups in total. The number of carbonyl (C=O) groups is 1. The number of benzene rings is 2. The van der Waals surface area contributed by atoms with E-state index >= 15 is 0 Å². The van der Waals surface area contributed by atoms with E-state index in [0.29, 0.717) is 35.9 Å². The van der Waals surface area contributed by atoms with Crippen molar-refractivity contribution in [2.75, 3.05) is 38.8 Å². The fourth-order valence-corrected chi connectivity index (χ4v) is 12.0. The fourth-order valence-electron chi connectivity index (χ4n) is 12.0. The van der Waals surface area contributed by atoms with Crippen molar-refractivity contribution in [2.45, 2.75) is 68.2 Å². The minimum Gasteiger partial charge on any atom is -0.501 e. The predicted molar refractivity (Wildman–Crippen MR) is 188 cm³/mol. The van der Waals surface area contributed by atoms with E-state index in [1.54, 1.807) is 7.11 Å². The van der Waals surface area contributed by atoms with Gasteiger partial charge in [-0.3, -0.25) is 9.80 Å². The first kappa shape index (κ1) is 29.1. The Bertz CT molecular complexity index is 1940. The number of hydrogen-bond acceptors (Lipinski definition) is 6. The highest BCUT2D eigenvalue weighted by molar-refractivity contribution is 5.87. The highest BCUT2D eigenvalue weighted by Gasteiger charge is 2.66. The van der Waals surface area contributed by atoms with Crippen LogP contribution < -0.4 is 4.90 Å². The van der Waals surface area contributed by atoms with E-state index in [4.69, 9.17) is 9.47 Å². The monoisotopic (exact) mass is 642 g/mol. The molecule has 0 spiro atoms. The lowest BCUT2D eigenvalue weighted by Gasteiger charge is -2.64. The second kappa shape index (κ2) is 10.3. The van der Waals surface area contributed by atoms with Crippen molar-refractivity contribution >= 4 is 22.6 Å². The van der Waals surface area contributed by atoms with Gasteiger partial charge in [0, 0.05) is 65.7 Å². The summed E-state index contributed by atoms with van der Waals surface area (Å²) in [5.41, 5.74) is 9.33. The first-order valence-corrected chi connectivity index (χ1v) is 18.1. The zero-order valence-electron chi connectivity index (χ0n) is 28.5. The van der Waals surface area contributed by atoms with E-state index in [1.807, 2.05) is 0 Å². The van der Waals surface area contributed by atoms with E-state index in [1.165, 1.54) is 44.6 Å². The van der Waals surface area contributed by atoms with Crippen LogP contribution in [0.1, 0.15) is 55.0 Å². The van der Waals surface area contributed by atoms with Gasteiger partial charge in [0.15, 0.2) is 0 Å². The Balaban J connectivity index is 1.08. The minimum absolute atomic E-state index is 0.116. The highest BCUT2D eigenvalue weighted by atomic mass is 16.5. The molecule has 248 valence electrons. The second-order valence-corrected chi connectivity index (χ2v) is 15.5. The average molecular weight is 643 g/mol. The Hall–Kier alpha value is -3.81. The number of likely N-dealkylation sites (N-methyl/N-ethyl adjacent to an activating group) is 1. The molecule has 9 atom stereocenters. The topological polar surface area (TPSA) is 50.2 Å². The third kappa shape index (κ3) is 3.59. The molecule has 0 amide bonds. The summed E-state index contributed by atoms with van der Waals surface area (Å²) in [6, 6.07) is 18.6. The van der Waals surface area contributed by atoms with E-state index in [0.717, 1.165) is 45.4 Å². The molecule has 1 aromatic heterocycles. The number of aryl methyl sites for hydroxylation is 1. The summed E-state index contributed by atoms with van der Waals surface area (Å²) in [5.74, 6) is 1.21. The number of fused-ring (bicyclic) bond motifs is 12. The fraction of sp³-hybridized carbons (Fsp3) is 0.488. The summed E-state index contributed by atoms with van der Waals surface area (Å²) in [4.78, 5) is 21.8. The van der Waals surface area contributed by atoms with Gasteiger partial charge >= 0.3 is 5.97 Å². The predicted octanol–water partition coefficient (Wildman–Crippen LogP) is 6.12. The number of ether oxygens (including phenoxy) is 2. The van der Waals surface area contributed by atoms with Crippen LogP contribution in [0.2, 0.25) is 0 Å². The molecular formula is C41H46N4O3. The Kier molecular flexibility index (Phi) is 6.28. The number of esters is 1. The lowest BCUT2D eigenvalue weighted by atomic mass is 9.61. The summed E-state index contributed by atoms with van der Waals surface area (Å²) in [6.07, 6.45) is 13.5. The molecule has 8 heterocycles. The molecule has 10 rings (SSSR count). The third-order valence-corrected chi connectivity index (χ3v) is 14.0. The van der Waals surface area contributed by atoms with Gasteiger partial charge in [0.2, 0.25) is 0 Å². The van der Waals surface area contributed by atoms with Gasteiger partial charge in [-0.1, -0.05) is 60.2 Å². The van der Waals surface area contributed by atoms with Crippen molar-refractivity contribution < 1.29 is 14.3 Å². The summed E-state index contributed by atoms with van der Waals surface area (Å²) < 4.78 is 14.5. The molecule has 0 saturated carbocycles. The number of anilines is 1. The van der Waals surface area contributed by atoms with Gasteiger partial charge in [-0.15, -0.1) is 0 Å². The van der Waals surface area contributed by atoms with E-state index < -0.39 is 0 Å². The van der Waals surface area contributed by atoms with Gasteiger partial charge in [0.25, 0.3) is 0 Å². The largest absolute Gasteiger partial charge is 0.501 e. The van der Waals surface area contributed by atoms with Crippen LogP contribution in [0.4, 0.5) is 5.69 Å². The van der Waals surface area contributed by atoms with E-state index in [-0.39, 0.29) is 23.5 Å². The van der Waals surface area contributed by atoms with Crippen LogP contribution in [0.5, 0.6) is 0 Å². The smallest absolute Gasteiger partial charge is 0.329 e. The molecule has 4 fully saturated rings. The zero-order valence-corrected chi connectivity index (χ0v) is 28.5. The summed E-state index contributed by atoms with van der Waals surface area (Å²) in [6.45, 7) is 4.93. The summed E-state index contributed by atoms with van der Waals surface area (Å²) >= 11 is 0. The standard InChI is InChI=1S/C41H46N4O3/c1-5-24-21-44-17-15-32-27-11-7-9-13-34(27)45-39(40(46)47-4)29(24)20-37(44)41(32,45)16-14-25-22-48-23-31-28(25)18-36-38-30(19-35(31)42(36)2)26-10-6-8-12-33(26)43(38)3/h5-14,16,22,28-29,31-32,35-37,39H,15,17-21,23H2,1-4H3/t28-,29-,31+,32+,35-,36-,37-,39-,41-/m0/s1. The van der Waals surface area contributed by atoms with Crippen molar-refractivity contribution in [1.82, 2.24) is 14.4 Å². The van der Waals surface area contributed by atoms with Crippen molar-refractivity contribution in [3.63, 3.8) is 0 Å². The van der Waals surface area contributed by atoms with Gasteiger partial charge in [0.1, 0.15) is 6.04 Å². The number of piperidine rings is 4. The molecule has 0 aliphatic carbocycles. The molecule has 4 saturated heterocycles. The number of carbonyl (C=O) groups excluding carboxylic acids is 1. The molecule has 48 heavy (non-hydrogen) atoms. The summed E-state index contributed by atoms with van der Waals surface area (Å²) in [5, 5.41) is 1.42. The number of nitrogens with zero attached hydrogens (tertiary/aromatic N) is 4. The van der Waals surface area contributed by atoms with Crippen LogP contribution in [0.3, 0.4) is 0 Å². The maximum absolute atomic E-state index is 13.9. The van der Waals surface area contributed by atoms with Crippen molar-refractivity contribution in [3.05, 3.63) is 101 Å². The van der Waals surface area contributed by atoms with Crippen LogP contribution in [0.25, 0.3) is 10.9 Å². The average Bonchev–Trinajstić information content (AvgIpc) is 3.56. The van der Waals surface area contributed by atoms with Crippen LogP contribution in [0, 0.1) is 17.8 Å². The van der Waals surface area contributed by atoms with Crippen molar-refractivity contribution in [3.8, 4) is 0 Å². The van der Waals surface area contributed by atoms with Gasteiger partial charge < -0.3 is 18.9 Å². The van der Waals surface area contributed by atoms with E-state index in [2.05, 4.69) is 113 Å². The molecule has 2 aromatic carbocycles. The number of aromatic nitrogens is 1. The Labute approximate surface area is 283 Å². The molecule has 7 aliphatic heterocycles. The summed E-state index contributed by atoms with van der Waals surface area (Å²) in [7, 11) is 6.16. The van der Waals surface area contributed by atoms with E-state index in [9.17, 15) is 4.79 Å². The van der Waals surface area contributed by atoms with Gasteiger partial charge in [0.05, 0.1) is 31.6 Å². The molecule has 7 aliphatic rings. The van der Waals surface area contributed by atoms with Crippen LogP contribution in [-0.2, 0) is 27.7 Å². The second-order valence-electron chi connectivity index (χ2n) is 15.5. The SMILES string of the molecule is CC=C1CN2CC[C@@H]3c4ccccc4N4[C@H](C(=O)OC)[C@H]1C[C@H]2[C@]34C=CC1=COC[C@@H]2[C@H]1C[C@H]1c3c(c4ccccc4n3C)C[C@@H]2N1C. The molecule has 0 unspecified atom stereocenters.